The van der Waals surface area contributed by atoms with Crippen LogP contribution in [-0.4, -0.2) is 77.3 Å². The van der Waals surface area contributed by atoms with Crippen molar-refractivity contribution in [2.75, 3.05) is 53.6 Å². The molecule has 2 heterocycles. The zero-order valence-electron chi connectivity index (χ0n) is 21.9. The van der Waals surface area contributed by atoms with Gasteiger partial charge in [-0.25, -0.2) is 0 Å². The van der Waals surface area contributed by atoms with Gasteiger partial charge in [0.05, 0.1) is 31.3 Å². The highest BCUT2D eigenvalue weighted by molar-refractivity contribution is 7.00. The number of hydrogen-bond donors (Lipinski definition) is 0. The van der Waals surface area contributed by atoms with Crippen LogP contribution in [0.3, 0.4) is 0 Å². The summed E-state index contributed by atoms with van der Waals surface area (Å²) in [6, 6.07) is 21.6. The molecule has 38 heavy (non-hydrogen) atoms. The minimum absolute atomic E-state index is 0.668. The number of morpholine rings is 1. The molecule has 0 aliphatic carbocycles. The van der Waals surface area contributed by atoms with E-state index in [0.717, 1.165) is 90.5 Å². The summed E-state index contributed by atoms with van der Waals surface area (Å²) in [5, 5.41) is 4.65. The molecule has 4 aromatic carbocycles. The minimum atomic E-state index is -2.57. The zero-order chi connectivity index (χ0) is 26.1. The first kappa shape index (κ1) is 25.9. The predicted octanol–water partition coefficient (Wildman–Crippen LogP) is 5.57. The van der Waals surface area contributed by atoms with E-state index in [2.05, 4.69) is 77.5 Å². The largest absolute Gasteiger partial charge is 0.999 e. The smallest absolute Gasteiger partial charge is 0.599 e. The number of ether oxygens (including phenoxy) is 2. The lowest BCUT2D eigenvalue weighted by molar-refractivity contribution is 0.0340. The lowest BCUT2D eigenvalue weighted by atomic mass is 9.88. The lowest BCUT2D eigenvalue weighted by Crippen LogP contribution is -2.36. The molecule has 1 saturated heterocycles. The maximum Gasteiger partial charge on any atom is 0.999 e. The molecule has 0 bridgehead atoms. The van der Waals surface area contributed by atoms with Crippen LogP contribution in [0.15, 0.2) is 60.7 Å². The summed E-state index contributed by atoms with van der Waals surface area (Å²) in [4.78, 5) is 4.68. The Hall–Kier alpha value is -2.34. The molecule has 0 amide bonds. The fourth-order valence-corrected chi connectivity index (χ4v) is 7.09. The van der Waals surface area contributed by atoms with Gasteiger partial charge in [-0.3, -0.25) is 9.80 Å². The van der Waals surface area contributed by atoms with Gasteiger partial charge in [-0.1, -0.05) is 48.5 Å². The molecule has 0 radical (unpaired) electrons. The third kappa shape index (κ3) is 5.13. The Bertz CT molecular complexity index is 1460. The fraction of sp³-hybridized carbons (Fsp3) is 0.333. The van der Waals surface area contributed by atoms with Gasteiger partial charge in [0.1, 0.15) is 0 Å². The molecule has 6 rings (SSSR count). The summed E-state index contributed by atoms with van der Waals surface area (Å²) < 4.78 is 24.1. The van der Waals surface area contributed by atoms with Crippen molar-refractivity contribution in [1.82, 2.24) is 9.80 Å². The lowest BCUT2D eigenvalue weighted by Gasteiger charge is -2.28. The number of fused-ring (bicyclic) bond motifs is 7. The van der Waals surface area contributed by atoms with Crippen molar-refractivity contribution in [1.29, 1.82) is 0 Å². The summed E-state index contributed by atoms with van der Waals surface area (Å²) in [5.41, 5.74) is 4.40. The third-order valence-electron chi connectivity index (χ3n) is 7.44. The molecule has 196 valence electrons. The molecule has 2 aliphatic rings. The van der Waals surface area contributed by atoms with Crippen LogP contribution >= 0.6 is 10.0 Å². The van der Waals surface area contributed by atoms with Crippen LogP contribution in [-0.2, 0) is 22.6 Å². The van der Waals surface area contributed by atoms with E-state index in [9.17, 15) is 0 Å². The van der Waals surface area contributed by atoms with Crippen LogP contribution in [0.25, 0.3) is 32.7 Å². The molecular weight excluding hydrogens is 515 g/mol. The zero-order valence-corrected chi connectivity index (χ0v) is 23.8. The van der Waals surface area contributed by atoms with Gasteiger partial charge in [-0.05, 0) is 40.7 Å². The third-order valence-corrected chi connectivity index (χ3v) is 8.82. The van der Waals surface area contributed by atoms with E-state index in [1.54, 1.807) is 7.11 Å². The van der Waals surface area contributed by atoms with Gasteiger partial charge in [0, 0.05) is 62.1 Å². The molecule has 0 spiro atoms. The van der Waals surface area contributed by atoms with Crippen molar-refractivity contribution in [2.45, 2.75) is 13.1 Å². The quantitative estimate of drug-likeness (QED) is 0.283. The first-order valence-electron chi connectivity index (χ1n) is 13.2. The highest BCUT2D eigenvalue weighted by Gasteiger charge is 2.39. The Balaban J connectivity index is 1.61. The Morgan fingerprint density at radius 1 is 0.895 bits per heavy atom. The van der Waals surface area contributed by atoms with Crippen LogP contribution in [0.5, 0.6) is 11.5 Å². The molecule has 0 aromatic heterocycles. The molecule has 4 aromatic rings. The van der Waals surface area contributed by atoms with E-state index >= 15 is 0 Å². The molecule has 1 fully saturated rings. The number of benzene rings is 4. The number of halogens is 1. The van der Waals surface area contributed by atoms with Crippen molar-refractivity contribution < 1.29 is 17.1 Å². The average molecular weight is 547 g/mol. The monoisotopic (exact) mass is 546 g/mol. The second kappa shape index (κ2) is 11.4. The number of rotatable bonds is 7. The summed E-state index contributed by atoms with van der Waals surface area (Å²) in [6.07, 6.45) is 0. The summed E-state index contributed by atoms with van der Waals surface area (Å²) >= 11 is -2.57. The van der Waals surface area contributed by atoms with E-state index in [1.165, 1.54) is 10.8 Å². The Morgan fingerprint density at radius 2 is 1.47 bits per heavy atom. The maximum atomic E-state index is 6.91. The van der Waals surface area contributed by atoms with Crippen LogP contribution in [0.2, 0.25) is 0 Å². The summed E-state index contributed by atoms with van der Waals surface area (Å²) in [7, 11) is 10.8. The van der Waals surface area contributed by atoms with Gasteiger partial charge in [0.2, 0.25) is 0 Å². The van der Waals surface area contributed by atoms with E-state index < -0.39 is 13.9 Å². The minimum Gasteiger partial charge on any atom is -0.599 e. The number of nitrogens with zero attached hydrogens (tertiary/aromatic N) is 2. The van der Waals surface area contributed by atoms with Crippen LogP contribution in [0.4, 0.5) is 0 Å². The number of likely N-dealkylation sites (N-methyl/N-ethyl adjacent to an activating group) is 1. The Labute approximate surface area is 232 Å². The fourth-order valence-electron chi connectivity index (χ4n) is 5.60. The summed E-state index contributed by atoms with van der Waals surface area (Å²) in [6.45, 7) is 6.28. The predicted molar refractivity (Wildman–Crippen MR) is 154 cm³/mol. The average Bonchev–Trinajstić information content (AvgIpc) is 3.09. The van der Waals surface area contributed by atoms with Crippen molar-refractivity contribution in [3.63, 3.8) is 0 Å². The van der Waals surface area contributed by atoms with Gasteiger partial charge in [-0.15, -0.1) is 0 Å². The molecule has 0 atom stereocenters. The highest BCUT2D eigenvalue weighted by Crippen LogP contribution is 2.51. The number of hydrogen-bond acceptors (Lipinski definition) is 6. The van der Waals surface area contributed by atoms with Gasteiger partial charge < -0.3 is 17.1 Å². The summed E-state index contributed by atoms with van der Waals surface area (Å²) in [5.74, 6) is 1.70. The second-order valence-electron chi connectivity index (χ2n) is 10.1. The topological polar surface area (TPSA) is 43.4 Å². The van der Waals surface area contributed by atoms with Gasteiger partial charge in [0.25, 0.3) is 0 Å². The van der Waals surface area contributed by atoms with Crippen LogP contribution in [0, 0.1) is 0 Å². The van der Waals surface area contributed by atoms with Crippen molar-refractivity contribution in [3.05, 3.63) is 71.8 Å². The van der Waals surface area contributed by atoms with Crippen LogP contribution < -0.4 is 7.58 Å². The highest BCUT2D eigenvalue weighted by atomic mass is 35.6. The maximum absolute atomic E-state index is 6.91. The second-order valence-corrected chi connectivity index (χ2v) is 12.1. The standard InChI is InChI=1S/C30H34N2O4.Al.ClH/c1-31(11-14-35-2)19-23-17-21-7-3-5-9-25(21)27(29(23)33)28-26-10-6-4-8-22(26)18-24(30(28)34)20-32-12-15-36-16-13-32;;/h3-10,17-18,33-34H,11-16,19-20H2,1-2H3;;1H/q;+3;/p-3. The SMILES string of the molecule is COCCN(C)Cc1cc2ccccc2c2c1[O][Al]([Cl])[O]c1c(CN3CCOCC3)cc3ccccc3c1-2. The van der Waals surface area contributed by atoms with E-state index in [4.69, 9.17) is 27.1 Å². The van der Waals surface area contributed by atoms with Crippen molar-refractivity contribution >= 4 is 45.5 Å². The van der Waals surface area contributed by atoms with E-state index in [0.29, 0.717) is 6.61 Å². The molecule has 0 saturated carbocycles. The molecule has 8 heteroatoms. The van der Waals surface area contributed by atoms with E-state index in [1.807, 2.05) is 0 Å². The van der Waals surface area contributed by atoms with Crippen molar-refractivity contribution in [2.24, 2.45) is 0 Å². The first-order valence-corrected chi connectivity index (χ1v) is 15.9. The molecule has 0 unspecified atom stereocenters. The van der Waals surface area contributed by atoms with Crippen LogP contribution in [0.1, 0.15) is 11.1 Å². The molecule has 6 nitrogen and oxygen atoms in total. The number of methoxy groups -OCH3 is 1. The Morgan fingerprint density at radius 3 is 2.11 bits per heavy atom. The first-order chi connectivity index (χ1) is 18.6. The van der Waals surface area contributed by atoms with Gasteiger partial charge in [-0.2, -0.15) is 10.0 Å². The molecule has 0 N–H and O–H groups in total. The van der Waals surface area contributed by atoms with Gasteiger partial charge >= 0.3 is 13.9 Å². The molecule has 2 aliphatic heterocycles. The van der Waals surface area contributed by atoms with E-state index in [-0.39, 0.29) is 0 Å². The normalized spacial score (nSPS) is 15.7. The Kier molecular flexibility index (Phi) is 7.78. The van der Waals surface area contributed by atoms with Crippen molar-refractivity contribution in [3.8, 4) is 22.6 Å². The molecular formula is C30H32AlClN2O4. The van der Waals surface area contributed by atoms with Gasteiger partial charge in [0.15, 0.2) is 0 Å².